The monoisotopic (exact) mass is 779 g/mol. The Morgan fingerprint density at radius 1 is 0.375 bits per heavy atom. The molecule has 304 valence electrons. The molecule has 0 unspecified atom stereocenters. The second-order valence-corrected chi connectivity index (χ2v) is 24.1. The third kappa shape index (κ3) is 9.63. The van der Waals surface area contributed by atoms with E-state index in [4.69, 9.17) is 3.79 Å². The molecule has 0 heterocycles. The van der Waals surface area contributed by atoms with E-state index in [1.807, 2.05) is 45.0 Å². The number of hydrogen-bond donors (Lipinski definition) is 4. The third-order valence-electron chi connectivity index (χ3n) is 10.9. The summed E-state index contributed by atoms with van der Waals surface area (Å²) < 4.78 is 6.27. The molecule has 0 saturated heterocycles. The van der Waals surface area contributed by atoms with Crippen LogP contribution in [0.2, 0.25) is 0 Å². The number of phenols is 4. The van der Waals surface area contributed by atoms with E-state index in [0.717, 1.165) is 44.5 Å². The van der Waals surface area contributed by atoms with Crippen LogP contribution in [0, 0.1) is 27.7 Å². The molecule has 4 aromatic rings. The van der Waals surface area contributed by atoms with E-state index in [0.29, 0.717) is 22.3 Å². The number of benzene rings is 4. The minimum atomic E-state index is -3.13. The van der Waals surface area contributed by atoms with Gasteiger partial charge in [0.1, 0.15) is 23.0 Å². The first-order chi connectivity index (χ1) is 25.2. The summed E-state index contributed by atoms with van der Waals surface area (Å²) in [5.74, 6) is 0.695. The summed E-state index contributed by atoms with van der Waals surface area (Å²) in [7, 11) is 0. The minimum absolute atomic E-state index is 0.174. The molecule has 4 N–H and O–H groups in total. The molecule has 6 heteroatoms. The maximum atomic E-state index is 12.6. The third-order valence-corrected chi connectivity index (χ3v) is 14.6. The lowest BCUT2D eigenvalue weighted by Gasteiger charge is -2.39. The molecule has 0 saturated carbocycles. The van der Waals surface area contributed by atoms with Crippen LogP contribution in [0.1, 0.15) is 180 Å². The molecule has 0 fully saturated rings. The largest absolute Gasteiger partial charge is 0.507 e. The van der Waals surface area contributed by atoms with Crippen molar-refractivity contribution >= 4 is 14.5 Å². The van der Waals surface area contributed by atoms with E-state index in [9.17, 15) is 20.4 Å². The van der Waals surface area contributed by atoms with Crippen LogP contribution in [0.4, 0.5) is 0 Å². The Bertz CT molecular complexity index is 1810. The predicted molar refractivity (Wildman–Crippen MR) is 236 cm³/mol. The molecule has 0 atom stereocenters. The Labute approximate surface area is 343 Å². The van der Waals surface area contributed by atoms with Gasteiger partial charge in [-0.3, -0.25) is 0 Å². The zero-order valence-corrected chi connectivity index (χ0v) is 39.2. The lowest BCUT2D eigenvalue weighted by Crippen LogP contribution is -2.42. The molecule has 0 amide bonds. The lowest BCUT2D eigenvalue weighted by atomic mass is 9.81. The van der Waals surface area contributed by atoms with Crippen LogP contribution in [0.5, 0.6) is 23.0 Å². The lowest BCUT2D eigenvalue weighted by molar-refractivity contribution is 0.123. The van der Waals surface area contributed by atoms with E-state index in [-0.39, 0.29) is 23.0 Å². The van der Waals surface area contributed by atoms with Gasteiger partial charge in [-0.2, -0.15) is 0 Å². The Morgan fingerprint density at radius 3 is 0.732 bits per heavy atom. The predicted octanol–water partition coefficient (Wildman–Crippen LogP) is 12.8. The summed E-state index contributed by atoms with van der Waals surface area (Å²) >= 11 is -3.13. The fourth-order valence-electron chi connectivity index (χ4n) is 8.24. The Hall–Kier alpha value is -3.43. The van der Waals surface area contributed by atoms with Crippen molar-refractivity contribution in [3.8, 4) is 23.0 Å². The zero-order valence-electron chi connectivity index (χ0n) is 38.0. The van der Waals surface area contributed by atoms with E-state index < -0.39 is 51.3 Å². The van der Waals surface area contributed by atoms with Crippen molar-refractivity contribution in [2.24, 2.45) is 0 Å². The van der Waals surface area contributed by atoms with Crippen molar-refractivity contribution in [2.45, 2.75) is 168 Å². The van der Waals surface area contributed by atoms with Crippen molar-refractivity contribution in [2.75, 3.05) is 0 Å². The SMILES string of the molecule is Cc1cc([CH](c2cc(C)cc(C(C)(C)C)c2O)[Al]([O]C(C)(C)C)[CH](c2cc(C)cc(C(C)(C)C)c2O)c2cc(C)cc(C(C)(C)C)c2O)c(O)c(C(C)(C)C)c1. The van der Waals surface area contributed by atoms with Gasteiger partial charge in [0.2, 0.25) is 0 Å². The van der Waals surface area contributed by atoms with Gasteiger partial charge in [-0.1, -0.05) is 154 Å². The summed E-state index contributed by atoms with van der Waals surface area (Å²) in [6.07, 6.45) is 0. The van der Waals surface area contributed by atoms with Crippen molar-refractivity contribution in [3.05, 3.63) is 115 Å². The highest BCUT2D eigenvalue weighted by Gasteiger charge is 2.50. The van der Waals surface area contributed by atoms with Crippen LogP contribution in [0.25, 0.3) is 0 Å². The molecule has 0 aliphatic heterocycles. The van der Waals surface area contributed by atoms with Crippen LogP contribution < -0.4 is 0 Å². The number of hydrogen-bond acceptors (Lipinski definition) is 5. The summed E-state index contributed by atoms with van der Waals surface area (Å²) in [6.45, 7) is 39.5. The Balaban J connectivity index is 2.41. The van der Waals surface area contributed by atoms with Crippen molar-refractivity contribution in [1.29, 1.82) is 0 Å². The maximum Gasteiger partial charge on any atom is 0.487 e. The second kappa shape index (κ2) is 15.4. The molecular weight excluding hydrogens is 708 g/mol. The molecule has 4 aromatic carbocycles. The molecular formula is C50H71AlO5. The molecule has 0 radical (unpaired) electrons. The number of aryl methyl sites for hydroxylation is 4. The molecule has 0 bridgehead atoms. The Morgan fingerprint density at radius 2 is 0.571 bits per heavy atom. The molecule has 56 heavy (non-hydrogen) atoms. The molecule has 0 spiro atoms. The van der Waals surface area contributed by atoms with Gasteiger partial charge >= 0.3 is 14.5 Å². The smallest absolute Gasteiger partial charge is 0.487 e. The number of aromatic hydroxyl groups is 4. The van der Waals surface area contributed by atoms with Gasteiger partial charge in [0.15, 0.2) is 0 Å². The number of phenolic OH excluding ortho intramolecular Hbond substituents is 4. The topological polar surface area (TPSA) is 90.2 Å². The van der Waals surface area contributed by atoms with Gasteiger partial charge in [0.25, 0.3) is 0 Å². The van der Waals surface area contributed by atoms with Crippen LogP contribution >= 0.6 is 0 Å². The van der Waals surface area contributed by atoms with Gasteiger partial charge < -0.3 is 24.2 Å². The Kier molecular flexibility index (Phi) is 12.4. The van der Waals surface area contributed by atoms with Crippen molar-refractivity contribution < 1.29 is 24.2 Å². The first-order valence-corrected chi connectivity index (χ1v) is 22.1. The quantitative estimate of drug-likeness (QED) is 0.140. The first kappa shape index (κ1) is 45.3. The van der Waals surface area contributed by atoms with Crippen molar-refractivity contribution in [3.63, 3.8) is 0 Å². The van der Waals surface area contributed by atoms with E-state index >= 15 is 0 Å². The highest BCUT2D eigenvalue weighted by atomic mass is 27.2. The second-order valence-electron chi connectivity index (χ2n) is 21.7. The summed E-state index contributed by atoms with van der Waals surface area (Å²) in [5.41, 5.74) is 7.60. The number of rotatable bonds is 7. The average molecular weight is 779 g/mol. The molecule has 5 nitrogen and oxygen atoms in total. The summed E-state index contributed by atoms with van der Waals surface area (Å²) in [6, 6.07) is 16.4. The average Bonchev–Trinajstić information content (AvgIpc) is 3.00. The van der Waals surface area contributed by atoms with Crippen LogP contribution in [0.3, 0.4) is 0 Å². The fourth-order valence-corrected chi connectivity index (χ4v) is 12.1. The van der Waals surface area contributed by atoms with Crippen molar-refractivity contribution in [1.82, 2.24) is 0 Å². The standard InChI is InChI=1S/2C23H31O2.C4H9O.Al/c2*1-14-9-16(20(24)18(11-14)22(3,4)5)13-17-10-15(2)12-19(21(17)25)23(6,7)8;1-4(2,3)5;/h2*9-13,24-25H,1-8H3;1-3H3;/q;;-1;+1. The van der Waals surface area contributed by atoms with Gasteiger partial charge in [-0.05, 0) is 115 Å². The van der Waals surface area contributed by atoms with Crippen LogP contribution in [0.15, 0.2) is 48.5 Å². The van der Waals surface area contributed by atoms with Crippen LogP contribution in [-0.2, 0) is 25.4 Å². The fraction of sp³-hybridized carbons (Fsp3) is 0.520. The maximum absolute atomic E-state index is 12.6. The summed E-state index contributed by atoms with van der Waals surface area (Å²) in [4.78, 5) is 0. The van der Waals surface area contributed by atoms with Gasteiger partial charge in [0.05, 0.1) is 0 Å². The normalized spacial score (nSPS) is 13.2. The molecule has 4 rings (SSSR count). The van der Waals surface area contributed by atoms with E-state index in [1.165, 1.54) is 0 Å². The van der Waals surface area contributed by atoms with Crippen LogP contribution in [-0.4, -0.2) is 40.5 Å². The molecule has 0 aliphatic rings. The zero-order chi connectivity index (χ0) is 42.8. The van der Waals surface area contributed by atoms with E-state index in [2.05, 4.69) is 135 Å². The summed E-state index contributed by atoms with van der Waals surface area (Å²) in [5, 5.41) is 50.5. The highest BCUT2D eigenvalue weighted by molar-refractivity contribution is 6.58. The van der Waals surface area contributed by atoms with Gasteiger partial charge in [0, 0.05) is 15.2 Å². The first-order valence-electron chi connectivity index (χ1n) is 20.3. The van der Waals surface area contributed by atoms with Gasteiger partial charge in [-0.25, -0.2) is 0 Å². The van der Waals surface area contributed by atoms with Gasteiger partial charge in [-0.15, -0.1) is 0 Å². The molecule has 0 aromatic heterocycles. The van der Waals surface area contributed by atoms with E-state index in [1.54, 1.807) is 0 Å². The highest BCUT2D eigenvalue weighted by Crippen LogP contribution is 2.53. The minimum Gasteiger partial charge on any atom is -0.507 e. The molecule has 0 aliphatic carbocycles.